The first-order chi connectivity index (χ1) is 11.6. The van der Waals surface area contributed by atoms with Crippen molar-refractivity contribution in [1.82, 2.24) is 20.4 Å². The number of urea groups is 1. The number of aromatic nitrogens is 2. The van der Waals surface area contributed by atoms with Crippen molar-refractivity contribution in [2.75, 3.05) is 7.05 Å². The fourth-order valence-corrected chi connectivity index (χ4v) is 3.06. The van der Waals surface area contributed by atoms with Crippen LogP contribution in [-0.4, -0.2) is 34.2 Å². The maximum atomic E-state index is 12.3. The quantitative estimate of drug-likeness (QED) is 0.932. The summed E-state index contributed by atoms with van der Waals surface area (Å²) in [4.78, 5) is 18.3. The van der Waals surface area contributed by atoms with Gasteiger partial charge in [0.15, 0.2) is 0 Å². The third-order valence-corrected chi connectivity index (χ3v) is 4.51. The topological polar surface area (TPSA) is 71.3 Å². The normalized spacial score (nSPS) is 15.2. The molecule has 6 heteroatoms. The molecule has 1 aliphatic carbocycles. The smallest absolute Gasteiger partial charge is 0.317 e. The van der Waals surface area contributed by atoms with Gasteiger partial charge in [0.05, 0.1) is 0 Å². The Kier molecular flexibility index (Phi) is 5.13. The van der Waals surface area contributed by atoms with Crippen LogP contribution >= 0.6 is 0 Å². The fraction of sp³-hybridized carbons (Fsp3) is 0.500. The minimum Gasteiger partial charge on any atom is -0.337 e. The van der Waals surface area contributed by atoms with E-state index in [1.54, 1.807) is 11.9 Å². The predicted molar refractivity (Wildman–Crippen MR) is 91.3 cm³/mol. The molecule has 128 valence electrons. The zero-order chi connectivity index (χ0) is 16.9. The maximum Gasteiger partial charge on any atom is 0.317 e. The monoisotopic (exact) mass is 328 g/mol. The molecule has 0 unspecified atom stereocenters. The standard InChI is InChI=1S/C18H24N4O2/c1-13-8-6-7-11-15(13)17-20-16(24-21-17)12-22(2)18(23)19-14-9-4-3-5-10-14/h6-8,11,14H,3-5,9-10,12H2,1-2H3,(H,19,23). The number of aryl methyl sites for hydroxylation is 1. The molecular formula is C18H24N4O2. The van der Waals surface area contributed by atoms with E-state index in [0.717, 1.165) is 24.0 Å². The number of rotatable bonds is 4. The molecule has 1 aliphatic rings. The van der Waals surface area contributed by atoms with E-state index in [-0.39, 0.29) is 6.03 Å². The molecule has 1 heterocycles. The molecule has 0 radical (unpaired) electrons. The van der Waals surface area contributed by atoms with Gasteiger partial charge in [0.2, 0.25) is 11.7 Å². The average molecular weight is 328 g/mol. The van der Waals surface area contributed by atoms with E-state index in [4.69, 9.17) is 4.52 Å². The molecule has 3 rings (SSSR count). The summed E-state index contributed by atoms with van der Waals surface area (Å²) in [5, 5.41) is 7.11. The molecule has 0 saturated heterocycles. The first kappa shape index (κ1) is 16.5. The highest BCUT2D eigenvalue weighted by atomic mass is 16.5. The molecule has 0 bridgehead atoms. The van der Waals surface area contributed by atoms with Gasteiger partial charge >= 0.3 is 6.03 Å². The zero-order valence-corrected chi connectivity index (χ0v) is 14.3. The van der Waals surface area contributed by atoms with Crippen LogP contribution in [0.1, 0.15) is 43.6 Å². The summed E-state index contributed by atoms with van der Waals surface area (Å²) in [5.41, 5.74) is 2.04. The number of carbonyl (C=O) groups excluding carboxylic acids is 1. The van der Waals surface area contributed by atoms with Crippen LogP contribution in [0.4, 0.5) is 4.79 Å². The Morgan fingerprint density at radius 2 is 2.04 bits per heavy atom. The van der Waals surface area contributed by atoms with Crippen LogP contribution in [-0.2, 0) is 6.54 Å². The van der Waals surface area contributed by atoms with Gasteiger partial charge in [0.25, 0.3) is 0 Å². The lowest BCUT2D eigenvalue weighted by atomic mass is 9.96. The van der Waals surface area contributed by atoms with Gasteiger partial charge in [-0.05, 0) is 25.3 Å². The molecule has 24 heavy (non-hydrogen) atoms. The summed E-state index contributed by atoms with van der Waals surface area (Å²) < 4.78 is 5.30. The van der Waals surface area contributed by atoms with E-state index in [0.29, 0.717) is 24.3 Å². The average Bonchev–Trinajstić information content (AvgIpc) is 3.04. The van der Waals surface area contributed by atoms with Gasteiger partial charge in [0, 0.05) is 18.7 Å². The highest BCUT2D eigenvalue weighted by molar-refractivity contribution is 5.74. The molecule has 0 atom stereocenters. The maximum absolute atomic E-state index is 12.3. The fourth-order valence-electron chi connectivity index (χ4n) is 3.06. The van der Waals surface area contributed by atoms with Gasteiger partial charge in [-0.2, -0.15) is 4.98 Å². The van der Waals surface area contributed by atoms with E-state index in [2.05, 4.69) is 15.5 Å². The summed E-state index contributed by atoms with van der Waals surface area (Å²) in [7, 11) is 1.75. The second-order valence-corrected chi connectivity index (χ2v) is 6.47. The molecule has 1 aromatic heterocycles. The largest absolute Gasteiger partial charge is 0.337 e. The Balaban J connectivity index is 1.59. The molecule has 6 nitrogen and oxygen atoms in total. The van der Waals surface area contributed by atoms with Crippen LogP contribution in [0.2, 0.25) is 0 Å². The van der Waals surface area contributed by atoms with Gasteiger partial charge < -0.3 is 14.7 Å². The van der Waals surface area contributed by atoms with Gasteiger partial charge in [-0.15, -0.1) is 0 Å². The Labute approximate surface area is 142 Å². The van der Waals surface area contributed by atoms with Crippen LogP contribution < -0.4 is 5.32 Å². The summed E-state index contributed by atoms with van der Waals surface area (Å²) in [6, 6.07) is 8.10. The molecule has 0 aliphatic heterocycles. The van der Waals surface area contributed by atoms with Crippen molar-refractivity contribution in [1.29, 1.82) is 0 Å². The number of carbonyl (C=O) groups is 1. The molecular weight excluding hydrogens is 304 g/mol. The summed E-state index contributed by atoms with van der Waals surface area (Å²) in [5.74, 6) is 0.999. The zero-order valence-electron chi connectivity index (χ0n) is 14.3. The molecule has 1 aromatic carbocycles. The van der Waals surface area contributed by atoms with Crippen LogP contribution in [0, 0.1) is 6.92 Å². The van der Waals surface area contributed by atoms with E-state index < -0.39 is 0 Å². The third-order valence-electron chi connectivity index (χ3n) is 4.51. The number of amides is 2. The highest BCUT2D eigenvalue weighted by Gasteiger charge is 2.19. The summed E-state index contributed by atoms with van der Waals surface area (Å²) in [6.45, 7) is 2.31. The Bertz CT molecular complexity index is 692. The Morgan fingerprint density at radius 1 is 1.29 bits per heavy atom. The van der Waals surface area contributed by atoms with Crippen molar-refractivity contribution < 1.29 is 9.32 Å². The van der Waals surface area contributed by atoms with Crippen molar-refractivity contribution in [2.45, 2.75) is 51.6 Å². The lowest BCUT2D eigenvalue weighted by Crippen LogP contribution is -2.43. The van der Waals surface area contributed by atoms with Gasteiger partial charge in [-0.3, -0.25) is 0 Å². The number of nitrogens with one attached hydrogen (secondary N) is 1. The summed E-state index contributed by atoms with van der Waals surface area (Å²) >= 11 is 0. The Morgan fingerprint density at radius 3 is 2.79 bits per heavy atom. The number of benzene rings is 1. The van der Waals surface area contributed by atoms with E-state index in [1.165, 1.54) is 19.3 Å². The van der Waals surface area contributed by atoms with Gasteiger partial charge in [-0.25, -0.2) is 4.79 Å². The van der Waals surface area contributed by atoms with Crippen LogP contribution in [0.5, 0.6) is 0 Å². The third kappa shape index (κ3) is 3.93. The van der Waals surface area contributed by atoms with Crippen molar-refractivity contribution in [2.24, 2.45) is 0 Å². The number of nitrogens with zero attached hydrogens (tertiary/aromatic N) is 3. The molecule has 1 saturated carbocycles. The lowest BCUT2D eigenvalue weighted by Gasteiger charge is -2.25. The molecule has 0 spiro atoms. The lowest BCUT2D eigenvalue weighted by molar-refractivity contribution is 0.192. The molecule has 2 aromatic rings. The van der Waals surface area contributed by atoms with Crippen LogP contribution in [0.25, 0.3) is 11.4 Å². The Hall–Kier alpha value is -2.37. The van der Waals surface area contributed by atoms with Crippen molar-refractivity contribution >= 4 is 6.03 Å². The van der Waals surface area contributed by atoms with Crippen molar-refractivity contribution in [3.8, 4) is 11.4 Å². The van der Waals surface area contributed by atoms with Gasteiger partial charge in [0.1, 0.15) is 6.54 Å². The second kappa shape index (κ2) is 7.47. The van der Waals surface area contributed by atoms with E-state index in [9.17, 15) is 4.79 Å². The van der Waals surface area contributed by atoms with Crippen LogP contribution in [0.15, 0.2) is 28.8 Å². The van der Waals surface area contributed by atoms with Crippen molar-refractivity contribution in [3.05, 3.63) is 35.7 Å². The van der Waals surface area contributed by atoms with Crippen LogP contribution in [0.3, 0.4) is 0 Å². The number of hydrogen-bond acceptors (Lipinski definition) is 4. The minimum absolute atomic E-state index is 0.0856. The van der Waals surface area contributed by atoms with E-state index in [1.807, 2.05) is 31.2 Å². The second-order valence-electron chi connectivity index (χ2n) is 6.47. The van der Waals surface area contributed by atoms with Gasteiger partial charge in [-0.1, -0.05) is 48.7 Å². The first-order valence-electron chi connectivity index (χ1n) is 8.53. The van der Waals surface area contributed by atoms with Crippen molar-refractivity contribution in [3.63, 3.8) is 0 Å². The highest BCUT2D eigenvalue weighted by Crippen LogP contribution is 2.20. The minimum atomic E-state index is -0.0856. The molecule has 1 fully saturated rings. The van der Waals surface area contributed by atoms with E-state index >= 15 is 0 Å². The molecule has 2 amide bonds. The number of hydrogen-bond donors (Lipinski definition) is 1. The predicted octanol–water partition coefficient (Wildman–Crippen LogP) is 3.52. The SMILES string of the molecule is Cc1ccccc1-c1noc(CN(C)C(=O)NC2CCCCC2)n1. The molecule has 1 N–H and O–H groups in total. The summed E-state index contributed by atoms with van der Waals surface area (Å²) in [6.07, 6.45) is 5.79. The first-order valence-corrected chi connectivity index (χ1v) is 8.53.